The first-order valence-corrected chi connectivity index (χ1v) is 22.1. The number of hydrogen-bond acceptors (Lipinski definition) is 8. The van der Waals surface area contributed by atoms with E-state index in [2.05, 4.69) is 97.6 Å². The number of halogens is 3. The maximum atomic E-state index is 14.2. The van der Waals surface area contributed by atoms with Gasteiger partial charge in [0.25, 0.3) is 8.32 Å². The van der Waals surface area contributed by atoms with Crippen molar-refractivity contribution in [3.05, 3.63) is 126 Å². The van der Waals surface area contributed by atoms with Gasteiger partial charge < -0.3 is 28.7 Å². The van der Waals surface area contributed by atoms with Crippen LogP contribution >= 0.6 is 0 Å². The average molecular weight is 824 g/mol. The lowest BCUT2D eigenvalue weighted by Gasteiger charge is -2.44. The second kappa shape index (κ2) is 17.2. The van der Waals surface area contributed by atoms with Crippen LogP contribution in [0.4, 0.5) is 24.7 Å². The maximum absolute atomic E-state index is 14.2. The summed E-state index contributed by atoms with van der Waals surface area (Å²) in [7, 11) is -0.733. The van der Waals surface area contributed by atoms with Crippen LogP contribution in [0.3, 0.4) is 0 Å². The molecule has 14 heteroatoms. The Morgan fingerprint density at radius 1 is 0.915 bits per heavy atom. The lowest BCUT2D eigenvalue weighted by atomic mass is 10.0. The second-order valence-electron chi connectivity index (χ2n) is 16.7. The van der Waals surface area contributed by atoms with Gasteiger partial charge in [-0.2, -0.15) is 23.1 Å². The second-order valence-corrected chi connectivity index (χ2v) is 20.9. The van der Waals surface area contributed by atoms with E-state index in [1.54, 1.807) is 15.9 Å². The monoisotopic (exact) mass is 823 g/mol. The van der Waals surface area contributed by atoms with Crippen LogP contribution < -0.4 is 24.9 Å². The van der Waals surface area contributed by atoms with E-state index in [0.29, 0.717) is 50.7 Å². The van der Waals surface area contributed by atoms with E-state index in [1.165, 1.54) is 28.6 Å². The molecule has 0 bridgehead atoms. The van der Waals surface area contributed by atoms with Crippen LogP contribution in [0.25, 0.3) is 4.85 Å². The number of ether oxygens (including phenoxy) is 1. The molecular formula is C45H52F3N7O3Si. The Hall–Kier alpha value is -5.23. The minimum Gasteiger partial charge on any atom is -0.462 e. The van der Waals surface area contributed by atoms with Crippen LogP contribution in [0.5, 0.6) is 6.01 Å². The molecule has 2 fully saturated rings. The number of carbonyl (C=O) groups is 1. The van der Waals surface area contributed by atoms with E-state index in [9.17, 15) is 18.0 Å². The number of alkyl halides is 3. The van der Waals surface area contributed by atoms with Crippen molar-refractivity contribution in [2.45, 2.75) is 69.6 Å². The number of aromatic nitrogens is 2. The molecule has 10 nitrogen and oxygen atoms in total. The van der Waals surface area contributed by atoms with Crippen molar-refractivity contribution in [2.24, 2.45) is 0 Å². The van der Waals surface area contributed by atoms with E-state index < -0.39 is 20.1 Å². The summed E-state index contributed by atoms with van der Waals surface area (Å²) in [4.78, 5) is 33.9. The summed E-state index contributed by atoms with van der Waals surface area (Å²) in [6, 6.07) is 26.5. The van der Waals surface area contributed by atoms with Gasteiger partial charge in [0.05, 0.1) is 23.9 Å². The lowest BCUT2D eigenvalue weighted by molar-refractivity contribution is -0.137. The molecule has 3 atom stereocenters. The molecule has 310 valence electrons. The molecular weight excluding hydrogens is 772 g/mol. The molecule has 0 saturated carbocycles. The molecule has 3 aromatic carbocycles. The van der Waals surface area contributed by atoms with Crippen LogP contribution in [0.2, 0.25) is 5.04 Å². The van der Waals surface area contributed by atoms with Crippen LogP contribution in [-0.2, 0) is 28.4 Å². The quantitative estimate of drug-likeness (QED) is 0.101. The number of hydrogen-bond donors (Lipinski definition) is 0. The first kappa shape index (κ1) is 41.9. The third-order valence-electron chi connectivity index (χ3n) is 11.9. The van der Waals surface area contributed by atoms with E-state index in [1.807, 2.05) is 12.1 Å². The lowest BCUT2D eigenvalue weighted by Crippen LogP contribution is -2.67. The Morgan fingerprint density at radius 3 is 2.20 bits per heavy atom. The number of nitrogens with zero attached hydrogens (tertiary/aromatic N) is 7. The summed E-state index contributed by atoms with van der Waals surface area (Å²) >= 11 is 0. The fraction of sp³-hybridized carbons (Fsp3) is 0.422. The number of fused-ring (bicyclic) bond motifs is 1. The summed E-state index contributed by atoms with van der Waals surface area (Å²) in [5.74, 6) is 0.394. The number of para-hydroxylation sites is 1. The average Bonchev–Trinajstić information content (AvgIpc) is 3.59. The Bertz CT molecular complexity index is 2120. The van der Waals surface area contributed by atoms with Crippen LogP contribution in [-0.4, -0.2) is 105 Å². The van der Waals surface area contributed by atoms with E-state index in [-0.39, 0.29) is 60.5 Å². The van der Waals surface area contributed by atoms with Crippen molar-refractivity contribution < 1.29 is 27.1 Å². The standard InChI is InChI=1S/C45H52F3N7O3Si/c1-7-41(56)55-25-24-54(28-33(55)27-49-5)42-37-22-23-53(40-21-15-14-20-38(40)45(46,47)48)30-39(37)50-43(51-42)57-31-32-26-34(29-52(32)6)58-59(44(2,3)4,35-16-10-8-11-17-35)36-18-12-9-13-19-36/h7-21,32-34H,1,22-31H2,2-4,6H3/t32-,33?,34+/m0/s1. The summed E-state index contributed by atoms with van der Waals surface area (Å²) in [5, 5.41) is 2.26. The molecule has 59 heavy (non-hydrogen) atoms. The third kappa shape index (κ3) is 8.60. The first-order valence-electron chi connectivity index (χ1n) is 20.2. The third-order valence-corrected chi connectivity index (χ3v) is 17.0. The van der Waals surface area contributed by atoms with E-state index >= 15 is 0 Å². The molecule has 1 unspecified atom stereocenters. The SMILES string of the molecule is [C-]#[N+]CC1CN(c2nc(OC[C@@H]3C[C@@H](O[Si](c4ccccc4)(c4ccccc4)C(C)(C)C)CN3C)nc3c2CCN(c2ccccc2C(F)(F)F)C3)CCN1C(=O)C=C. The molecule has 0 spiro atoms. The van der Waals surface area contributed by atoms with E-state index in [0.717, 1.165) is 18.1 Å². The fourth-order valence-electron chi connectivity index (χ4n) is 9.05. The molecule has 4 aromatic rings. The molecule has 0 radical (unpaired) electrons. The van der Waals surface area contributed by atoms with Crippen LogP contribution in [0, 0.1) is 6.57 Å². The number of carbonyl (C=O) groups excluding carboxylic acids is 1. The van der Waals surface area contributed by atoms with Gasteiger partial charge in [-0.1, -0.05) is 100 Å². The van der Waals surface area contributed by atoms with Gasteiger partial charge in [0.15, 0.2) is 0 Å². The van der Waals surface area contributed by atoms with Crippen molar-refractivity contribution in [1.29, 1.82) is 0 Å². The highest BCUT2D eigenvalue weighted by molar-refractivity contribution is 6.99. The number of likely N-dealkylation sites (tertiary alicyclic amines) is 1. The predicted octanol–water partition coefficient (Wildman–Crippen LogP) is 6.21. The zero-order valence-electron chi connectivity index (χ0n) is 34.2. The summed E-state index contributed by atoms with van der Waals surface area (Å²) < 4.78 is 56.5. The molecule has 1 aromatic heterocycles. The van der Waals surface area contributed by atoms with Crippen molar-refractivity contribution >= 4 is 36.1 Å². The molecule has 3 aliphatic heterocycles. The van der Waals surface area contributed by atoms with Crippen molar-refractivity contribution in [1.82, 2.24) is 19.8 Å². The van der Waals surface area contributed by atoms with Gasteiger partial charge in [0.2, 0.25) is 12.5 Å². The van der Waals surface area contributed by atoms with Gasteiger partial charge in [0, 0.05) is 50.0 Å². The highest BCUT2D eigenvalue weighted by atomic mass is 28.4. The minimum absolute atomic E-state index is 0.0204. The number of piperazine rings is 1. The largest absolute Gasteiger partial charge is 0.462 e. The fourth-order valence-corrected chi connectivity index (χ4v) is 13.7. The summed E-state index contributed by atoms with van der Waals surface area (Å²) in [5.41, 5.74) is 0.826. The van der Waals surface area contributed by atoms with Gasteiger partial charge in [-0.05, 0) is 53.5 Å². The molecule has 4 heterocycles. The van der Waals surface area contributed by atoms with Gasteiger partial charge >= 0.3 is 12.2 Å². The number of rotatable bonds is 11. The smallest absolute Gasteiger partial charge is 0.418 e. The maximum Gasteiger partial charge on any atom is 0.418 e. The molecule has 2 saturated heterocycles. The topological polar surface area (TPSA) is 78.6 Å². The van der Waals surface area contributed by atoms with Crippen molar-refractivity contribution in [3.8, 4) is 6.01 Å². The molecule has 7 rings (SSSR count). The highest BCUT2D eigenvalue weighted by Crippen LogP contribution is 2.41. The van der Waals surface area contributed by atoms with Gasteiger partial charge in [-0.25, -0.2) is 6.57 Å². The van der Waals surface area contributed by atoms with Gasteiger partial charge in [0.1, 0.15) is 18.5 Å². The zero-order chi connectivity index (χ0) is 42.0. The van der Waals surface area contributed by atoms with Crippen molar-refractivity contribution in [3.63, 3.8) is 0 Å². The Kier molecular flexibility index (Phi) is 12.2. The summed E-state index contributed by atoms with van der Waals surface area (Å²) in [6.45, 7) is 20.8. The molecule has 0 N–H and O–H groups in total. The van der Waals surface area contributed by atoms with Gasteiger partial charge in [-0.3, -0.25) is 9.69 Å². The first-order chi connectivity index (χ1) is 28.2. The van der Waals surface area contributed by atoms with Crippen LogP contribution in [0.15, 0.2) is 97.6 Å². The molecule has 1 amide bonds. The summed E-state index contributed by atoms with van der Waals surface area (Å²) in [6.07, 6.45) is -2.20. The number of anilines is 2. The minimum atomic E-state index is -4.52. The zero-order valence-corrected chi connectivity index (χ0v) is 35.2. The number of benzene rings is 3. The molecule has 3 aliphatic rings. The predicted molar refractivity (Wildman–Crippen MR) is 227 cm³/mol. The normalized spacial score (nSPS) is 20.2. The Labute approximate surface area is 346 Å². The van der Waals surface area contributed by atoms with E-state index in [4.69, 9.17) is 25.7 Å². The molecule has 0 aliphatic carbocycles. The Balaban J connectivity index is 1.17. The highest BCUT2D eigenvalue weighted by Gasteiger charge is 2.52. The van der Waals surface area contributed by atoms with Crippen LogP contribution in [0.1, 0.15) is 44.0 Å². The van der Waals surface area contributed by atoms with Crippen molar-refractivity contribution in [2.75, 3.05) is 62.7 Å². The Morgan fingerprint density at radius 2 is 1.58 bits per heavy atom. The van der Waals surface area contributed by atoms with Gasteiger partial charge in [-0.15, -0.1) is 0 Å². The number of likely N-dealkylation sites (N-methyl/N-ethyl adjacent to an activating group) is 1. The number of amides is 1.